The summed E-state index contributed by atoms with van der Waals surface area (Å²) in [4.78, 5) is 11.9. The van der Waals surface area contributed by atoms with Crippen molar-refractivity contribution in [1.29, 1.82) is 0 Å². The summed E-state index contributed by atoms with van der Waals surface area (Å²) < 4.78 is 5.97. The van der Waals surface area contributed by atoms with Crippen LogP contribution >= 0.6 is 28.1 Å². The summed E-state index contributed by atoms with van der Waals surface area (Å²) in [7, 11) is 0. The minimum atomic E-state index is -0.126. The molecule has 18 heavy (non-hydrogen) atoms. The average Bonchev–Trinajstić information content (AvgIpc) is 2.29. The molecule has 1 aromatic rings. The number of carbonyl (C=O) groups is 1. The molecule has 0 aromatic heterocycles. The standard InChI is InChI=1S/C12H15BrN2O2S/c1-2-17-6-5-11(16)15-10-7-8(13)3-4-9(10)12(14)18/h3-4,7H,2,5-6H2,1H3,(H2,14,18)(H,15,16). The van der Waals surface area contributed by atoms with Crippen LogP contribution in [0.3, 0.4) is 0 Å². The van der Waals surface area contributed by atoms with Crippen molar-refractivity contribution in [1.82, 2.24) is 0 Å². The van der Waals surface area contributed by atoms with Crippen LogP contribution in [0.4, 0.5) is 5.69 Å². The van der Waals surface area contributed by atoms with E-state index in [9.17, 15) is 4.79 Å². The summed E-state index contributed by atoms with van der Waals surface area (Å²) in [6, 6.07) is 5.36. The molecule has 1 rings (SSSR count). The highest BCUT2D eigenvalue weighted by Crippen LogP contribution is 2.21. The Balaban J connectivity index is 2.73. The van der Waals surface area contributed by atoms with Gasteiger partial charge in [-0.2, -0.15) is 0 Å². The van der Waals surface area contributed by atoms with Gasteiger partial charge in [-0.25, -0.2) is 0 Å². The number of ether oxygens (including phenoxy) is 1. The molecule has 0 saturated carbocycles. The number of thiocarbonyl (C=S) groups is 1. The zero-order valence-electron chi connectivity index (χ0n) is 10.0. The molecule has 0 atom stereocenters. The van der Waals surface area contributed by atoms with Crippen molar-refractivity contribution in [3.8, 4) is 0 Å². The lowest BCUT2D eigenvalue weighted by atomic mass is 10.1. The van der Waals surface area contributed by atoms with Gasteiger partial charge in [0.1, 0.15) is 4.99 Å². The molecule has 0 radical (unpaired) electrons. The molecule has 0 fully saturated rings. The van der Waals surface area contributed by atoms with E-state index in [0.29, 0.717) is 30.9 Å². The van der Waals surface area contributed by atoms with Crippen LogP contribution < -0.4 is 11.1 Å². The summed E-state index contributed by atoms with van der Waals surface area (Å²) in [5, 5.41) is 2.78. The van der Waals surface area contributed by atoms with E-state index < -0.39 is 0 Å². The molecule has 98 valence electrons. The second kappa shape index (κ2) is 7.45. The van der Waals surface area contributed by atoms with Crippen LogP contribution in [0.25, 0.3) is 0 Å². The molecule has 0 aliphatic heterocycles. The highest BCUT2D eigenvalue weighted by atomic mass is 79.9. The fourth-order valence-electron chi connectivity index (χ4n) is 1.36. The number of halogens is 1. The highest BCUT2D eigenvalue weighted by molar-refractivity contribution is 9.10. The number of benzene rings is 1. The number of hydrogen-bond acceptors (Lipinski definition) is 3. The van der Waals surface area contributed by atoms with Crippen LogP contribution in [0, 0.1) is 0 Å². The van der Waals surface area contributed by atoms with Gasteiger partial charge in [0.05, 0.1) is 18.7 Å². The number of carbonyl (C=O) groups excluding carboxylic acids is 1. The molecule has 0 spiro atoms. The quantitative estimate of drug-likeness (QED) is 0.621. The first-order valence-electron chi connectivity index (χ1n) is 5.51. The van der Waals surface area contributed by atoms with Crippen LogP contribution in [-0.2, 0) is 9.53 Å². The summed E-state index contributed by atoms with van der Waals surface area (Å²) in [5.74, 6) is -0.126. The molecule has 1 aromatic carbocycles. The first-order valence-corrected chi connectivity index (χ1v) is 6.71. The van der Waals surface area contributed by atoms with E-state index in [-0.39, 0.29) is 10.9 Å². The third-order valence-electron chi connectivity index (χ3n) is 2.20. The van der Waals surface area contributed by atoms with Crippen LogP contribution in [0.5, 0.6) is 0 Å². The van der Waals surface area contributed by atoms with Gasteiger partial charge >= 0.3 is 0 Å². The molecular weight excluding hydrogens is 316 g/mol. The fraction of sp³-hybridized carbons (Fsp3) is 0.333. The Morgan fingerprint density at radius 2 is 2.28 bits per heavy atom. The van der Waals surface area contributed by atoms with E-state index in [0.717, 1.165) is 4.47 Å². The zero-order valence-corrected chi connectivity index (χ0v) is 12.4. The molecule has 6 heteroatoms. The van der Waals surface area contributed by atoms with E-state index in [2.05, 4.69) is 21.2 Å². The van der Waals surface area contributed by atoms with Crippen molar-refractivity contribution in [2.45, 2.75) is 13.3 Å². The largest absolute Gasteiger partial charge is 0.389 e. The van der Waals surface area contributed by atoms with Crippen molar-refractivity contribution in [3.05, 3.63) is 28.2 Å². The maximum absolute atomic E-state index is 11.7. The van der Waals surface area contributed by atoms with Crippen molar-refractivity contribution in [2.75, 3.05) is 18.5 Å². The van der Waals surface area contributed by atoms with Gasteiger partial charge in [-0.05, 0) is 25.1 Å². The Morgan fingerprint density at radius 1 is 1.56 bits per heavy atom. The second-order valence-electron chi connectivity index (χ2n) is 3.55. The molecule has 1 amide bonds. The summed E-state index contributed by atoms with van der Waals surface area (Å²) >= 11 is 8.28. The molecule has 3 N–H and O–H groups in total. The SMILES string of the molecule is CCOCCC(=O)Nc1cc(Br)ccc1C(N)=S. The van der Waals surface area contributed by atoms with E-state index in [1.807, 2.05) is 13.0 Å². The molecule has 0 aliphatic carbocycles. The first-order chi connectivity index (χ1) is 8.54. The molecule has 0 aliphatic rings. The molecule has 0 saturated heterocycles. The van der Waals surface area contributed by atoms with Gasteiger partial charge in [0, 0.05) is 16.6 Å². The Labute approximate surface area is 120 Å². The van der Waals surface area contributed by atoms with Crippen molar-refractivity contribution >= 4 is 44.7 Å². The maximum atomic E-state index is 11.7. The summed E-state index contributed by atoms with van der Waals surface area (Å²) in [6.45, 7) is 2.89. The van der Waals surface area contributed by atoms with E-state index in [1.165, 1.54) is 0 Å². The maximum Gasteiger partial charge on any atom is 0.226 e. The van der Waals surface area contributed by atoms with Gasteiger partial charge in [0.25, 0.3) is 0 Å². The number of nitrogens with two attached hydrogens (primary N) is 1. The smallest absolute Gasteiger partial charge is 0.226 e. The van der Waals surface area contributed by atoms with Crippen molar-refractivity contribution in [2.24, 2.45) is 5.73 Å². The van der Waals surface area contributed by atoms with Gasteiger partial charge in [-0.15, -0.1) is 0 Å². The van der Waals surface area contributed by atoms with Gasteiger partial charge in [-0.3, -0.25) is 4.79 Å². The Hall–Kier alpha value is -0.980. The molecule has 0 heterocycles. The van der Waals surface area contributed by atoms with Gasteiger partial charge < -0.3 is 15.8 Å². The number of amides is 1. The second-order valence-corrected chi connectivity index (χ2v) is 4.90. The normalized spacial score (nSPS) is 10.1. The van der Waals surface area contributed by atoms with Crippen LogP contribution in [0.15, 0.2) is 22.7 Å². The van der Waals surface area contributed by atoms with Crippen LogP contribution in [-0.4, -0.2) is 24.1 Å². The van der Waals surface area contributed by atoms with E-state index in [1.54, 1.807) is 12.1 Å². The van der Waals surface area contributed by atoms with Crippen LogP contribution in [0.1, 0.15) is 18.9 Å². The highest BCUT2D eigenvalue weighted by Gasteiger charge is 2.09. The predicted molar refractivity (Wildman–Crippen MR) is 79.8 cm³/mol. The fourth-order valence-corrected chi connectivity index (χ4v) is 1.90. The van der Waals surface area contributed by atoms with Gasteiger partial charge in [0.2, 0.25) is 5.91 Å². The Morgan fingerprint density at radius 3 is 2.89 bits per heavy atom. The van der Waals surface area contributed by atoms with E-state index >= 15 is 0 Å². The third kappa shape index (κ3) is 4.72. The Kier molecular flexibility index (Phi) is 6.24. The topological polar surface area (TPSA) is 64.3 Å². The zero-order chi connectivity index (χ0) is 13.5. The van der Waals surface area contributed by atoms with Crippen molar-refractivity contribution < 1.29 is 9.53 Å². The molecule has 4 nitrogen and oxygen atoms in total. The Bertz CT molecular complexity index is 452. The first kappa shape index (κ1) is 15.1. The summed E-state index contributed by atoms with van der Waals surface area (Å²) in [5.41, 5.74) is 6.86. The summed E-state index contributed by atoms with van der Waals surface area (Å²) in [6.07, 6.45) is 0.303. The molecule has 0 bridgehead atoms. The number of hydrogen-bond donors (Lipinski definition) is 2. The lowest BCUT2D eigenvalue weighted by Gasteiger charge is -2.10. The number of rotatable bonds is 6. The van der Waals surface area contributed by atoms with Crippen LogP contribution in [0.2, 0.25) is 0 Å². The number of nitrogens with one attached hydrogen (secondary N) is 1. The third-order valence-corrected chi connectivity index (χ3v) is 2.91. The van der Waals surface area contributed by atoms with Crippen molar-refractivity contribution in [3.63, 3.8) is 0 Å². The molecule has 0 unspecified atom stereocenters. The minimum absolute atomic E-state index is 0.126. The minimum Gasteiger partial charge on any atom is -0.389 e. The lowest BCUT2D eigenvalue weighted by molar-refractivity contribution is -0.117. The predicted octanol–water partition coefficient (Wildman–Crippen LogP) is 2.45. The average molecular weight is 331 g/mol. The lowest BCUT2D eigenvalue weighted by Crippen LogP contribution is -2.18. The number of anilines is 1. The van der Waals surface area contributed by atoms with E-state index in [4.69, 9.17) is 22.7 Å². The molecular formula is C12H15BrN2O2S. The monoisotopic (exact) mass is 330 g/mol. The van der Waals surface area contributed by atoms with Gasteiger partial charge in [-0.1, -0.05) is 28.1 Å². The van der Waals surface area contributed by atoms with Gasteiger partial charge in [0.15, 0.2) is 0 Å².